The van der Waals surface area contributed by atoms with Crippen LogP contribution in [-0.4, -0.2) is 25.2 Å². The Balaban J connectivity index is 3.34. The predicted molar refractivity (Wildman–Crippen MR) is 59.8 cm³/mol. The number of methoxy groups -OCH3 is 2. The van der Waals surface area contributed by atoms with Gasteiger partial charge >= 0.3 is 5.97 Å². The molecule has 0 aromatic carbocycles. The molecule has 0 N–H and O–H groups in total. The number of pyridine rings is 1. The van der Waals surface area contributed by atoms with Crippen molar-refractivity contribution in [2.24, 2.45) is 0 Å². The molecule has 1 aromatic rings. The van der Waals surface area contributed by atoms with E-state index in [9.17, 15) is 13.6 Å². The average molecular weight is 343 g/mol. The van der Waals surface area contributed by atoms with Gasteiger partial charge in [-0.15, -0.1) is 0 Å². The Kier molecular flexibility index (Phi) is 4.39. The molecule has 0 aliphatic rings. The van der Waals surface area contributed by atoms with Gasteiger partial charge in [-0.05, 0) is 22.6 Å². The summed E-state index contributed by atoms with van der Waals surface area (Å²) in [6, 6.07) is 1.26. The molecular formula is C9H8F2INO3. The Morgan fingerprint density at radius 1 is 1.50 bits per heavy atom. The minimum absolute atomic E-state index is 0.173. The summed E-state index contributed by atoms with van der Waals surface area (Å²) < 4.78 is 34.7. The van der Waals surface area contributed by atoms with Crippen molar-refractivity contribution in [3.63, 3.8) is 0 Å². The van der Waals surface area contributed by atoms with Crippen LogP contribution < -0.4 is 4.74 Å². The number of ether oxygens (including phenoxy) is 2. The maximum Gasteiger partial charge on any atom is 0.356 e. The van der Waals surface area contributed by atoms with E-state index in [-0.39, 0.29) is 15.0 Å². The van der Waals surface area contributed by atoms with Gasteiger partial charge in [-0.3, -0.25) is 0 Å². The molecule has 16 heavy (non-hydrogen) atoms. The summed E-state index contributed by atoms with van der Waals surface area (Å²) in [5.74, 6) is -0.608. The number of aromatic nitrogens is 1. The molecule has 0 aliphatic heterocycles. The number of rotatable bonds is 3. The zero-order valence-corrected chi connectivity index (χ0v) is 10.6. The van der Waals surface area contributed by atoms with Crippen LogP contribution in [-0.2, 0) is 4.74 Å². The fourth-order valence-electron chi connectivity index (χ4n) is 1.03. The van der Waals surface area contributed by atoms with Crippen LogP contribution in [0.4, 0.5) is 8.78 Å². The van der Waals surface area contributed by atoms with E-state index < -0.39 is 18.1 Å². The fourth-order valence-corrected chi connectivity index (χ4v) is 1.76. The lowest BCUT2D eigenvalue weighted by molar-refractivity contribution is 0.0591. The standard InChI is InChI=1S/C9H8F2INO3/c1-15-5-3-4(9(14)16-2)13-7(6(5)12)8(10)11/h3,8H,1-2H3. The third-order valence-electron chi connectivity index (χ3n) is 1.77. The van der Waals surface area contributed by atoms with E-state index in [2.05, 4.69) is 9.72 Å². The number of halogens is 3. The molecule has 0 spiro atoms. The predicted octanol–water partition coefficient (Wildman–Crippen LogP) is 2.42. The molecule has 0 amide bonds. The molecule has 0 saturated heterocycles. The number of nitrogens with zero attached hydrogens (tertiary/aromatic N) is 1. The Morgan fingerprint density at radius 2 is 2.12 bits per heavy atom. The molecule has 1 heterocycles. The van der Waals surface area contributed by atoms with Crippen molar-refractivity contribution < 1.29 is 23.0 Å². The molecular weight excluding hydrogens is 335 g/mol. The van der Waals surface area contributed by atoms with Gasteiger partial charge in [0, 0.05) is 6.07 Å². The highest BCUT2D eigenvalue weighted by molar-refractivity contribution is 14.1. The molecule has 0 unspecified atom stereocenters. The number of alkyl halides is 2. The van der Waals surface area contributed by atoms with Gasteiger partial charge in [-0.1, -0.05) is 0 Å². The van der Waals surface area contributed by atoms with Crippen molar-refractivity contribution in [1.82, 2.24) is 4.98 Å². The second-order valence-corrected chi connectivity index (χ2v) is 3.78. The van der Waals surface area contributed by atoms with Crippen molar-refractivity contribution in [1.29, 1.82) is 0 Å². The second-order valence-electron chi connectivity index (χ2n) is 2.70. The number of esters is 1. The molecule has 1 rings (SSSR count). The van der Waals surface area contributed by atoms with Crippen LogP contribution in [0.25, 0.3) is 0 Å². The van der Waals surface area contributed by atoms with Crippen molar-refractivity contribution in [3.8, 4) is 5.75 Å². The van der Waals surface area contributed by atoms with Gasteiger partial charge < -0.3 is 9.47 Å². The summed E-state index contributed by atoms with van der Waals surface area (Å²) in [4.78, 5) is 14.7. The van der Waals surface area contributed by atoms with E-state index >= 15 is 0 Å². The average Bonchev–Trinajstić information content (AvgIpc) is 2.27. The minimum atomic E-state index is -2.77. The molecule has 4 nitrogen and oxygen atoms in total. The van der Waals surface area contributed by atoms with Gasteiger partial charge in [-0.2, -0.15) is 0 Å². The first-order valence-electron chi connectivity index (χ1n) is 4.12. The van der Waals surface area contributed by atoms with Crippen molar-refractivity contribution in [3.05, 3.63) is 21.0 Å². The zero-order valence-electron chi connectivity index (χ0n) is 8.46. The fraction of sp³-hybridized carbons (Fsp3) is 0.333. The molecule has 88 valence electrons. The van der Waals surface area contributed by atoms with Gasteiger partial charge in [0.15, 0.2) is 5.69 Å². The smallest absolute Gasteiger partial charge is 0.356 e. The third-order valence-corrected chi connectivity index (χ3v) is 2.86. The topological polar surface area (TPSA) is 48.4 Å². The lowest BCUT2D eigenvalue weighted by Crippen LogP contribution is -2.09. The summed E-state index contributed by atoms with van der Waals surface area (Å²) in [5, 5.41) is 0. The van der Waals surface area contributed by atoms with Crippen LogP contribution in [0, 0.1) is 3.57 Å². The van der Waals surface area contributed by atoms with Gasteiger partial charge in [-0.25, -0.2) is 18.6 Å². The highest BCUT2D eigenvalue weighted by Gasteiger charge is 2.21. The van der Waals surface area contributed by atoms with E-state index in [1.54, 1.807) is 22.6 Å². The second kappa shape index (κ2) is 5.37. The highest BCUT2D eigenvalue weighted by Crippen LogP contribution is 2.30. The zero-order chi connectivity index (χ0) is 12.3. The summed E-state index contributed by atoms with van der Waals surface area (Å²) in [6.45, 7) is 0. The highest BCUT2D eigenvalue weighted by atomic mass is 127. The largest absolute Gasteiger partial charge is 0.495 e. The lowest BCUT2D eigenvalue weighted by atomic mass is 10.3. The number of hydrogen-bond donors (Lipinski definition) is 0. The van der Waals surface area contributed by atoms with Crippen LogP contribution in [0.1, 0.15) is 22.6 Å². The van der Waals surface area contributed by atoms with Crippen molar-refractivity contribution in [2.45, 2.75) is 6.43 Å². The number of carbonyl (C=O) groups excluding carboxylic acids is 1. The van der Waals surface area contributed by atoms with Gasteiger partial charge in [0.25, 0.3) is 6.43 Å². The van der Waals surface area contributed by atoms with Crippen molar-refractivity contribution >= 4 is 28.6 Å². The maximum atomic E-state index is 12.6. The van der Waals surface area contributed by atoms with E-state index in [0.29, 0.717) is 0 Å². The molecule has 0 atom stereocenters. The molecule has 0 radical (unpaired) electrons. The van der Waals surface area contributed by atoms with E-state index in [0.717, 1.165) is 7.11 Å². The Labute approximate surface area is 104 Å². The van der Waals surface area contributed by atoms with Crippen LogP contribution in [0.5, 0.6) is 5.75 Å². The van der Waals surface area contributed by atoms with Gasteiger partial charge in [0.05, 0.1) is 17.8 Å². The molecule has 0 bridgehead atoms. The van der Waals surface area contributed by atoms with Crippen molar-refractivity contribution in [2.75, 3.05) is 14.2 Å². The maximum absolute atomic E-state index is 12.6. The Morgan fingerprint density at radius 3 is 2.56 bits per heavy atom. The summed E-state index contributed by atoms with van der Waals surface area (Å²) in [7, 11) is 2.48. The Bertz CT molecular complexity index is 412. The monoisotopic (exact) mass is 343 g/mol. The SMILES string of the molecule is COC(=O)c1cc(OC)c(I)c(C(F)F)n1. The van der Waals surface area contributed by atoms with Crippen LogP contribution >= 0.6 is 22.6 Å². The lowest BCUT2D eigenvalue weighted by Gasteiger charge is -2.09. The third kappa shape index (κ3) is 2.57. The van der Waals surface area contributed by atoms with E-state index in [4.69, 9.17) is 4.74 Å². The van der Waals surface area contributed by atoms with E-state index in [1.807, 2.05) is 0 Å². The van der Waals surface area contributed by atoms with Crippen LogP contribution in [0.2, 0.25) is 0 Å². The number of hydrogen-bond acceptors (Lipinski definition) is 4. The first-order valence-corrected chi connectivity index (χ1v) is 5.20. The normalized spacial score (nSPS) is 10.4. The first kappa shape index (κ1) is 13.1. The Hall–Kier alpha value is -0.990. The quantitative estimate of drug-likeness (QED) is 0.625. The minimum Gasteiger partial charge on any atom is -0.495 e. The molecule has 0 saturated carbocycles. The van der Waals surface area contributed by atoms with Crippen LogP contribution in [0.3, 0.4) is 0 Å². The molecule has 7 heteroatoms. The van der Waals surface area contributed by atoms with E-state index in [1.165, 1.54) is 13.2 Å². The molecule has 0 fully saturated rings. The van der Waals surface area contributed by atoms with Crippen LogP contribution in [0.15, 0.2) is 6.07 Å². The first-order chi connectivity index (χ1) is 7.51. The number of carbonyl (C=O) groups is 1. The van der Waals surface area contributed by atoms with Gasteiger partial charge in [0.2, 0.25) is 0 Å². The summed E-state index contributed by atoms with van der Waals surface area (Å²) in [5.41, 5.74) is -0.685. The molecule has 1 aromatic heterocycles. The summed E-state index contributed by atoms with van der Waals surface area (Å²) >= 11 is 1.69. The van der Waals surface area contributed by atoms with Gasteiger partial charge in [0.1, 0.15) is 11.4 Å². The molecule has 0 aliphatic carbocycles. The summed E-state index contributed by atoms with van der Waals surface area (Å²) in [6.07, 6.45) is -2.77.